The van der Waals surface area contributed by atoms with Gasteiger partial charge in [-0.05, 0) is 20.3 Å². The average molecular weight is 183 g/mol. The van der Waals surface area contributed by atoms with E-state index in [2.05, 4.69) is 4.74 Å². The predicted octanol–water partition coefficient (Wildman–Crippen LogP) is 1.06. The summed E-state index contributed by atoms with van der Waals surface area (Å²) in [5.74, 6) is -1.21. The molecule has 0 saturated carbocycles. The summed E-state index contributed by atoms with van der Waals surface area (Å²) in [6.45, 7) is 4.65. The molecule has 0 saturated heterocycles. The maximum atomic E-state index is 11.3. The van der Waals surface area contributed by atoms with Crippen LogP contribution < -0.4 is 0 Å². The molecule has 0 aliphatic rings. The van der Waals surface area contributed by atoms with Crippen LogP contribution in [-0.4, -0.2) is 18.4 Å². The minimum absolute atomic E-state index is 0.150. The molecule has 0 amide bonds. The van der Waals surface area contributed by atoms with E-state index in [-0.39, 0.29) is 13.0 Å². The van der Waals surface area contributed by atoms with Crippen molar-refractivity contribution in [2.45, 2.75) is 27.2 Å². The minimum atomic E-state index is -1.60. The summed E-state index contributed by atoms with van der Waals surface area (Å²) in [6, 6.07) is 1.73. The second-order valence-corrected chi connectivity index (χ2v) is 2.65. The van der Waals surface area contributed by atoms with E-state index in [1.165, 1.54) is 6.92 Å². The van der Waals surface area contributed by atoms with Gasteiger partial charge < -0.3 is 4.74 Å². The molecule has 0 rings (SSSR count). The zero-order valence-electron chi connectivity index (χ0n) is 8.09. The summed E-state index contributed by atoms with van der Waals surface area (Å²) < 4.78 is 4.67. The summed E-state index contributed by atoms with van der Waals surface area (Å²) in [6.07, 6.45) is 0.150. The molecule has 0 aliphatic heterocycles. The molecule has 4 nitrogen and oxygen atoms in total. The molecule has 13 heavy (non-hydrogen) atoms. The second kappa shape index (κ2) is 4.61. The number of rotatable bonds is 4. The van der Waals surface area contributed by atoms with Crippen molar-refractivity contribution in [1.82, 2.24) is 0 Å². The van der Waals surface area contributed by atoms with Crippen LogP contribution in [-0.2, 0) is 14.3 Å². The third-order valence-corrected chi connectivity index (χ3v) is 1.95. The van der Waals surface area contributed by atoms with E-state index >= 15 is 0 Å². The van der Waals surface area contributed by atoms with Crippen LogP contribution in [0, 0.1) is 16.7 Å². The van der Waals surface area contributed by atoms with Crippen LogP contribution in [0.3, 0.4) is 0 Å². The first kappa shape index (κ1) is 11.6. The highest BCUT2D eigenvalue weighted by Gasteiger charge is 2.43. The highest BCUT2D eigenvalue weighted by molar-refractivity contribution is 6.05. The predicted molar refractivity (Wildman–Crippen MR) is 45.7 cm³/mol. The molecule has 0 aliphatic carbocycles. The first-order valence-corrected chi connectivity index (χ1v) is 4.14. The Hall–Kier alpha value is -1.37. The van der Waals surface area contributed by atoms with Crippen LogP contribution in [0.5, 0.6) is 0 Å². The molecule has 0 fully saturated rings. The molecule has 0 radical (unpaired) electrons. The summed E-state index contributed by atoms with van der Waals surface area (Å²) in [5.41, 5.74) is -1.60. The number of esters is 1. The average Bonchev–Trinajstić information content (AvgIpc) is 2.07. The smallest absolute Gasteiger partial charge is 0.334 e. The van der Waals surface area contributed by atoms with Crippen molar-refractivity contribution < 1.29 is 14.3 Å². The third kappa shape index (κ3) is 2.05. The van der Waals surface area contributed by atoms with Gasteiger partial charge in [-0.1, -0.05) is 6.92 Å². The van der Waals surface area contributed by atoms with Gasteiger partial charge >= 0.3 is 5.97 Å². The first-order valence-electron chi connectivity index (χ1n) is 4.14. The van der Waals surface area contributed by atoms with Crippen molar-refractivity contribution in [3.8, 4) is 6.07 Å². The lowest BCUT2D eigenvalue weighted by Gasteiger charge is -2.18. The number of ketones is 1. The molecule has 0 aromatic carbocycles. The van der Waals surface area contributed by atoms with Gasteiger partial charge in [0, 0.05) is 0 Å². The van der Waals surface area contributed by atoms with E-state index in [0.29, 0.717) is 0 Å². The molecule has 0 heterocycles. The molecule has 72 valence electrons. The molecule has 0 bridgehead atoms. The minimum Gasteiger partial charge on any atom is -0.464 e. The largest absolute Gasteiger partial charge is 0.464 e. The van der Waals surface area contributed by atoms with Crippen molar-refractivity contribution in [2.24, 2.45) is 5.41 Å². The van der Waals surface area contributed by atoms with Gasteiger partial charge in [-0.25, -0.2) is 4.79 Å². The van der Waals surface area contributed by atoms with Gasteiger partial charge in [0.15, 0.2) is 5.78 Å². The van der Waals surface area contributed by atoms with Crippen LogP contribution >= 0.6 is 0 Å². The summed E-state index contributed by atoms with van der Waals surface area (Å²) in [4.78, 5) is 22.4. The fraction of sp³-hybridized carbons (Fsp3) is 0.667. The second-order valence-electron chi connectivity index (χ2n) is 2.65. The molecule has 0 aromatic rings. The summed E-state index contributed by atoms with van der Waals surface area (Å²) in [7, 11) is 0. The number of nitrogens with zero attached hydrogens (tertiary/aromatic N) is 1. The lowest BCUT2D eigenvalue weighted by Crippen LogP contribution is -2.37. The molecular weight excluding hydrogens is 170 g/mol. The van der Waals surface area contributed by atoms with Crippen molar-refractivity contribution >= 4 is 11.8 Å². The highest BCUT2D eigenvalue weighted by Crippen LogP contribution is 2.24. The number of Topliss-reactive ketones (excluding diaryl/α,β-unsaturated/α-hetero) is 1. The highest BCUT2D eigenvalue weighted by atomic mass is 16.5. The number of ether oxygens (including phenoxy) is 1. The number of carbonyl (C=O) groups is 2. The Balaban J connectivity index is 4.90. The Morgan fingerprint density at radius 2 is 2.00 bits per heavy atom. The molecule has 1 atom stereocenters. The summed E-state index contributed by atoms with van der Waals surface area (Å²) >= 11 is 0. The van der Waals surface area contributed by atoms with Crippen LogP contribution in [0.2, 0.25) is 0 Å². The SMILES string of the molecule is CCOC(=O)C(C#N)(CC)C(C)=O. The van der Waals surface area contributed by atoms with Gasteiger partial charge in [0.25, 0.3) is 0 Å². The zero-order chi connectivity index (χ0) is 10.5. The van der Waals surface area contributed by atoms with Crippen LogP contribution in [0.1, 0.15) is 27.2 Å². The molecule has 4 heteroatoms. The van der Waals surface area contributed by atoms with Crippen molar-refractivity contribution in [1.29, 1.82) is 5.26 Å². The van der Waals surface area contributed by atoms with Crippen molar-refractivity contribution in [3.05, 3.63) is 0 Å². The van der Waals surface area contributed by atoms with Crippen LogP contribution in [0.4, 0.5) is 0 Å². The topological polar surface area (TPSA) is 67.2 Å². The van der Waals surface area contributed by atoms with Crippen LogP contribution in [0.15, 0.2) is 0 Å². The van der Waals surface area contributed by atoms with Gasteiger partial charge in [0.2, 0.25) is 5.41 Å². The van der Waals surface area contributed by atoms with E-state index in [9.17, 15) is 9.59 Å². The molecule has 0 spiro atoms. The Morgan fingerprint density at radius 1 is 1.46 bits per heavy atom. The Bertz CT molecular complexity index is 254. The maximum absolute atomic E-state index is 11.3. The lowest BCUT2D eigenvalue weighted by atomic mass is 9.83. The van der Waals surface area contributed by atoms with E-state index in [0.717, 1.165) is 0 Å². The quantitative estimate of drug-likeness (QED) is 0.482. The standard InChI is InChI=1S/C9H13NO3/c1-4-9(6-10,7(3)11)8(12)13-5-2/h4-5H2,1-3H3. The normalized spacial score (nSPS) is 14.0. The monoisotopic (exact) mass is 183 g/mol. The first-order chi connectivity index (χ1) is 6.05. The van der Waals surface area contributed by atoms with E-state index in [1.807, 2.05) is 0 Å². The van der Waals surface area contributed by atoms with Gasteiger partial charge in [-0.3, -0.25) is 4.79 Å². The van der Waals surface area contributed by atoms with Gasteiger partial charge in [-0.2, -0.15) is 5.26 Å². The third-order valence-electron chi connectivity index (χ3n) is 1.95. The maximum Gasteiger partial charge on any atom is 0.334 e. The van der Waals surface area contributed by atoms with Crippen LogP contribution in [0.25, 0.3) is 0 Å². The fourth-order valence-electron chi connectivity index (χ4n) is 0.995. The number of carbonyl (C=O) groups excluding carboxylic acids is 2. The Kier molecular flexibility index (Phi) is 4.12. The zero-order valence-corrected chi connectivity index (χ0v) is 8.09. The molecular formula is C9H13NO3. The van der Waals surface area contributed by atoms with Crippen molar-refractivity contribution in [3.63, 3.8) is 0 Å². The Morgan fingerprint density at radius 3 is 2.23 bits per heavy atom. The fourth-order valence-corrected chi connectivity index (χ4v) is 0.995. The number of hydrogen-bond acceptors (Lipinski definition) is 4. The Labute approximate surface area is 77.5 Å². The van der Waals surface area contributed by atoms with Crippen molar-refractivity contribution in [2.75, 3.05) is 6.61 Å². The van der Waals surface area contributed by atoms with Gasteiger partial charge in [-0.15, -0.1) is 0 Å². The number of nitriles is 1. The molecule has 0 aromatic heterocycles. The lowest BCUT2D eigenvalue weighted by molar-refractivity contribution is -0.155. The molecule has 1 unspecified atom stereocenters. The van der Waals surface area contributed by atoms with E-state index in [4.69, 9.17) is 5.26 Å². The molecule has 0 N–H and O–H groups in total. The van der Waals surface area contributed by atoms with E-state index < -0.39 is 17.2 Å². The van der Waals surface area contributed by atoms with E-state index in [1.54, 1.807) is 19.9 Å². The van der Waals surface area contributed by atoms with Gasteiger partial charge in [0.05, 0.1) is 12.7 Å². The van der Waals surface area contributed by atoms with Gasteiger partial charge in [0.1, 0.15) is 0 Å². The number of hydrogen-bond donors (Lipinski definition) is 0. The summed E-state index contributed by atoms with van der Waals surface area (Å²) in [5, 5.41) is 8.77.